The molecule has 0 amide bonds. The van der Waals surface area contributed by atoms with Gasteiger partial charge in [-0.15, -0.1) is 0 Å². The smallest absolute Gasteiger partial charge is 0.185 e. The maximum atomic E-state index is 13.6. The SMILES string of the molecule is NC1(c2c(F)cccc2F)CCCC(O)C1=O. The van der Waals surface area contributed by atoms with Crippen LogP contribution in [-0.4, -0.2) is 17.0 Å². The average molecular weight is 241 g/mol. The Bertz CT molecular complexity index is 444. The number of aliphatic hydroxyl groups is 1. The normalized spacial score (nSPS) is 29.4. The molecule has 0 aliphatic heterocycles. The van der Waals surface area contributed by atoms with Gasteiger partial charge in [-0.2, -0.15) is 0 Å². The molecule has 92 valence electrons. The van der Waals surface area contributed by atoms with Gasteiger partial charge in [0.15, 0.2) is 5.78 Å². The van der Waals surface area contributed by atoms with Crippen molar-refractivity contribution in [2.75, 3.05) is 0 Å². The molecule has 1 aromatic rings. The fourth-order valence-corrected chi connectivity index (χ4v) is 2.30. The summed E-state index contributed by atoms with van der Waals surface area (Å²) in [6.45, 7) is 0. The van der Waals surface area contributed by atoms with Crippen LogP contribution in [0.25, 0.3) is 0 Å². The molecule has 2 unspecified atom stereocenters. The highest BCUT2D eigenvalue weighted by atomic mass is 19.1. The van der Waals surface area contributed by atoms with Gasteiger partial charge in [0.1, 0.15) is 23.3 Å². The standard InChI is InChI=1S/C12H13F2NO2/c13-7-3-1-4-8(14)10(7)12(15)6-2-5-9(16)11(12)17/h1,3-4,9,16H,2,5-6,15H2. The van der Waals surface area contributed by atoms with Crippen LogP contribution >= 0.6 is 0 Å². The lowest BCUT2D eigenvalue weighted by atomic mass is 9.74. The number of aliphatic hydroxyl groups excluding tert-OH is 1. The highest BCUT2D eigenvalue weighted by Crippen LogP contribution is 2.35. The van der Waals surface area contributed by atoms with Gasteiger partial charge in [0, 0.05) is 0 Å². The average Bonchev–Trinajstić information content (AvgIpc) is 2.26. The highest BCUT2D eigenvalue weighted by Gasteiger charge is 2.45. The van der Waals surface area contributed by atoms with E-state index in [-0.39, 0.29) is 12.8 Å². The van der Waals surface area contributed by atoms with Crippen LogP contribution < -0.4 is 5.73 Å². The number of Topliss-reactive ketones (excluding diaryl/α,β-unsaturated/α-hetero) is 1. The Labute approximate surface area is 97.2 Å². The first-order valence-corrected chi connectivity index (χ1v) is 5.42. The second-order valence-electron chi connectivity index (χ2n) is 4.34. The molecule has 1 aromatic carbocycles. The number of hydrogen-bond donors (Lipinski definition) is 2. The van der Waals surface area contributed by atoms with E-state index in [1.165, 1.54) is 6.07 Å². The molecule has 1 aliphatic carbocycles. The summed E-state index contributed by atoms with van der Waals surface area (Å²) in [5.41, 5.74) is 3.63. The van der Waals surface area contributed by atoms with Crippen LogP contribution in [0.15, 0.2) is 18.2 Å². The van der Waals surface area contributed by atoms with Crippen molar-refractivity contribution < 1.29 is 18.7 Å². The molecule has 0 radical (unpaired) electrons. The van der Waals surface area contributed by atoms with Crippen LogP contribution in [0, 0.1) is 11.6 Å². The van der Waals surface area contributed by atoms with Gasteiger partial charge in [-0.05, 0) is 31.4 Å². The summed E-state index contributed by atoms with van der Waals surface area (Å²) in [5.74, 6) is -2.42. The predicted octanol–water partition coefficient (Wildman–Crippen LogP) is 1.23. The quantitative estimate of drug-likeness (QED) is 0.777. The Kier molecular flexibility index (Phi) is 2.97. The van der Waals surface area contributed by atoms with Crippen molar-refractivity contribution in [2.24, 2.45) is 5.73 Å². The van der Waals surface area contributed by atoms with Crippen LogP contribution in [0.5, 0.6) is 0 Å². The first-order chi connectivity index (χ1) is 7.97. The van der Waals surface area contributed by atoms with Gasteiger partial charge < -0.3 is 10.8 Å². The van der Waals surface area contributed by atoms with E-state index in [4.69, 9.17) is 5.73 Å². The Hall–Kier alpha value is -1.33. The third-order valence-electron chi connectivity index (χ3n) is 3.20. The summed E-state index contributed by atoms with van der Waals surface area (Å²) in [6.07, 6.45) is -0.362. The topological polar surface area (TPSA) is 63.3 Å². The number of ketones is 1. The Morgan fingerprint density at radius 1 is 1.35 bits per heavy atom. The van der Waals surface area contributed by atoms with Crippen molar-refractivity contribution >= 4 is 5.78 Å². The molecule has 3 N–H and O–H groups in total. The summed E-state index contributed by atoms with van der Waals surface area (Å²) in [7, 11) is 0. The Morgan fingerprint density at radius 3 is 2.53 bits per heavy atom. The van der Waals surface area contributed by atoms with Crippen molar-refractivity contribution in [1.29, 1.82) is 0 Å². The number of benzene rings is 1. The van der Waals surface area contributed by atoms with Crippen molar-refractivity contribution in [1.82, 2.24) is 0 Å². The second-order valence-corrected chi connectivity index (χ2v) is 4.34. The number of carbonyl (C=O) groups is 1. The van der Waals surface area contributed by atoms with Crippen molar-refractivity contribution in [3.63, 3.8) is 0 Å². The largest absolute Gasteiger partial charge is 0.385 e. The summed E-state index contributed by atoms with van der Waals surface area (Å²) >= 11 is 0. The molecule has 1 aliphatic rings. The first kappa shape index (κ1) is 12.1. The van der Waals surface area contributed by atoms with Gasteiger partial charge in [-0.1, -0.05) is 6.07 Å². The Morgan fingerprint density at radius 2 is 1.94 bits per heavy atom. The van der Waals surface area contributed by atoms with E-state index in [2.05, 4.69) is 0 Å². The summed E-state index contributed by atoms with van der Waals surface area (Å²) in [6, 6.07) is 3.32. The van der Waals surface area contributed by atoms with E-state index >= 15 is 0 Å². The zero-order valence-corrected chi connectivity index (χ0v) is 9.12. The molecule has 2 atom stereocenters. The molecule has 17 heavy (non-hydrogen) atoms. The fraction of sp³-hybridized carbons (Fsp3) is 0.417. The number of halogens is 2. The first-order valence-electron chi connectivity index (χ1n) is 5.42. The lowest BCUT2D eigenvalue weighted by Crippen LogP contribution is -2.53. The van der Waals surface area contributed by atoms with Gasteiger partial charge in [-0.25, -0.2) is 8.78 Å². The third-order valence-corrected chi connectivity index (χ3v) is 3.20. The molecule has 0 bridgehead atoms. The molecule has 1 fully saturated rings. The zero-order chi connectivity index (χ0) is 12.6. The lowest BCUT2D eigenvalue weighted by molar-refractivity contribution is -0.136. The molecule has 2 rings (SSSR count). The molecule has 0 aromatic heterocycles. The van der Waals surface area contributed by atoms with E-state index in [1.807, 2.05) is 0 Å². The van der Waals surface area contributed by atoms with E-state index in [1.54, 1.807) is 0 Å². The lowest BCUT2D eigenvalue weighted by Gasteiger charge is -2.35. The summed E-state index contributed by atoms with van der Waals surface area (Å²) < 4.78 is 27.3. The van der Waals surface area contributed by atoms with Gasteiger partial charge in [0.05, 0.1) is 5.56 Å². The third kappa shape index (κ3) is 1.85. The van der Waals surface area contributed by atoms with Gasteiger partial charge in [-0.3, -0.25) is 4.79 Å². The Balaban J connectivity index is 2.54. The molecule has 0 heterocycles. The zero-order valence-electron chi connectivity index (χ0n) is 9.12. The van der Waals surface area contributed by atoms with Gasteiger partial charge >= 0.3 is 0 Å². The van der Waals surface area contributed by atoms with Crippen LogP contribution in [0.4, 0.5) is 8.78 Å². The number of hydrogen-bond acceptors (Lipinski definition) is 3. The van der Waals surface area contributed by atoms with E-state index in [0.717, 1.165) is 12.1 Å². The predicted molar refractivity (Wildman–Crippen MR) is 57.1 cm³/mol. The molecule has 1 saturated carbocycles. The van der Waals surface area contributed by atoms with Crippen molar-refractivity contribution in [3.05, 3.63) is 35.4 Å². The minimum Gasteiger partial charge on any atom is -0.385 e. The number of carbonyl (C=O) groups excluding carboxylic acids is 1. The summed E-state index contributed by atoms with van der Waals surface area (Å²) in [5, 5.41) is 9.48. The monoisotopic (exact) mass is 241 g/mol. The van der Waals surface area contributed by atoms with Crippen LogP contribution in [0.2, 0.25) is 0 Å². The van der Waals surface area contributed by atoms with Crippen LogP contribution in [0.1, 0.15) is 24.8 Å². The van der Waals surface area contributed by atoms with Crippen molar-refractivity contribution in [2.45, 2.75) is 30.9 Å². The number of rotatable bonds is 1. The maximum Gasteiger partial charge on any atom is 0.185 e. The molecule has 0 saturated heterocycles. The van der Waals surface area contributed by atoms with E-state index < -0.39 is 34.6 Å². The van der Waals surface area contributed by atoms with Gasteiger partial charge in [0.25, 0.3) is 0 Å². The van der Waals surface area contributed by atoms with Gasteiger partial charge in [0.2, 0.25) is 0 Å². The van der Waals surface area contributed by atoms with Crippen molar-refractivity contribution in [3.8, 4) is 0 Å². The minimum absolute atomic E-state index is 0.140. The maximum absolute atomic E-state index is 13.6. The fourth-order valence-electron chi connectivity index (χ4n) is 2.30. The van der Waals surface area contributed by atoms with E-state index in [9.17, 15) is 18.7 Å². The highest BCUT2D eigenvalue weighted by molar-refractivity contribution is 5.93. The molecule has 3 nitrogen and oxygen atoms in total. The van der Waals surface area contributed by atoms with Crippen LogP contribution in [0.3, 0.4) is 0 Å². The second kappa shape index (κ2) is 4.16. The molecular formula is C12H13F2NO2. The van der Waals surface area contributed by atoms with E-state index in [0.29, 0.717) is 6.42 Å². The minimum atomic E-state index is -1.76. The van der Waals surface area contributed by atoms with Crippen LogP contribution in [-0.2, 0) is 10.3 Å². The molecule has 0 spiro atoms. The number of nitrogens with two attached hydrogens (primary N) is 1. The molecular weight excluding hydrogens is 228 g/mol. The molecule has 5 heteroatoms. The summed E-state index contributed by atoms with van der Waals surface area (Å²) in [4.78, 5) is 11.8.